The largest absolute Gasteiger partial charge is 0.489 e. The first-order chi connectivity index (χ1) is 16.8. The van der Waals surface area contributed by atoms with Crippen molar-refractivity contribution in [2.45, 2.75) is 26.9 Å². The van der Waals surface area contributed by atoms with E-state index in [1.54, 1.807) is 41.3 Å². The number of hydrogen-bond donors (Lipinski definition) is 1. The number of hydrogen-bond acceptors (Lipinski definition) is 4. The van der Waals surface area contributed by atoms with Crippen LogP contribution >= 0.6 is 11.6 Å². The molecule has 1 heterocycles. The summed E-state index contributed by atoms with van der Waals surface area (Å²) in [5, 5.41) is 4.33. The molecule has 0 aliphatic carbocycles. The minimum absolute atomic E-state index is 0.00822. The molecule has 35 heavy (non-hydrogen) atoms. The van der Waals surface area contributed by atoms with Crippen LogP contribution in [0.3, 0.4) is 0 Å². The van der Waals surface area contributed by atoms with E-state index in [-0.39, 0.29) is 24.8 Å². The van der Waals surface area contributed by atoms with Crippen LogP contribution in [-0.4, -0.2) is 24.6 Å². The van der Waals surface area contributed by atoms with Gasteiger partial charge in [-0.3, -0.25) is 9.59 Å². The number of anilines is 1. The van der Waals surface area contributed by atoms with E-state index >= 15 is 0 Å². The van der Waals surface area contributed by atoms with Gasteiger partial charge in [0.15, 0.2) is 0 Å². The predicted molar refractivity (Wildman–Crippen MR) is 134 cm³/mol. The molecule has 2 amide bonds. The number of carbonyl (C=O) groups excluding carboxylic acids is 2. The van der Waals surface area contributed by atoms with E-state index in [9.17, 15) is 14.0 Å². The summed E-state index contributed by atoms with van der Waals surface area (Å²) in [4.78, 5) is 26.7. The summed E-state index contributed by atoms with van der Waals surface area (Å²) >= 11 is 6.02. The second kappa shape index (κ2) is 10.7. The molecule has 0 saturated carbocycles. The van der Waals surface area contributed by atoms with Crippen LogP contribution in [0, 0.1) is 25.6 Å². The molecule has 0 unspecified atom stereocenters. The minimum atomic E-state index is -0.470. The molecule has 1 N–H and O–H groups in total. The third-order valence-electron chi connectivity index (χ3n) is 6.01. The van der Waals surface area contributed by atoms with Crippen molar-refractivity contribution < 1.29 is 18.7 Å². The number of hydrazone groups is 1. The molecule has 0 aromatic heterocycles. The van der Waals surface area contributed by atoms with Crippen molar-refractivity contribution in [3.8, 4) is 5.75 Å². The molecule has 1 fully saturated rings. The fourth-order valence-corrected chi connectivity index (χ4v) is 3.98. The Kier molecular flexibility index (Phi) is 7.46. The number of aryl methyl sites for hydroxylation is 2. The van der Waals surface area contributed by atoms with Crippen LogP contribution in [0.25, 0.3) is 0 Å². The molecule has 1 atom stereocenters. The lowest BCUT2D eigenvalue weighted by Gasteiger charge is -2.17. The number of rotatable bonds is 7. The molecule has 1 aliphatic rings. The van der Waals surface area contributed by atoms with Crippen molar-refractivity contribution in [2.75, 3.05) is 11.4 Å². The van der Waals surface area contributed by atoms with Crippen molar-refractivity contribution in [3.63, 3.8) is 0 Å². The second-order valence-corrected chi connectivity index (χ2v) is 8.87. The monoisotopic (exact) mass is 493 g/mol. The third-order valence-corrected chi connectivity index (χ3v) is 6.37. The Bertz CT molecular complexity index is 1260. The van der Waals surface area contributed by atoms with Gasteiger partial charge in [0.2, 0.25) is 11.8 Å². The van der Waals surface area contributed by atoms with Crippen LogP contribution < -0.4 is 15.1 Å². The number of amides is 2. The molecular formula is C27H25ClFN3O3. The Morgan fingerprint density at radius 2 is 1.94 bits per heavy atom. The molecule has 3 aromatic rings. The average molecular weight is 494 g/mol. The number of ether oxygens (including phenoxy) is 1. The van der Waals surface area contributed by atoms with E-state index in [4.69, 9.17) is 16.3 Å². The van der Waals surface area contributed by atoms with Crippen molar-refractivity contribution in [1.29, 1.82) is 0 Å². The smallest absolute Gasteiger partial charge is 0.245 e. The average Bonchev–Trinajstić information content (AvgIpc) is 3.23. The molecule has 1 aliphatic heterocycles. The van der Waals surface area contributed by atoms with Crippen LogP contribution in [0.5, 0.6) is 5.75 Å². The maximum absolute atomic E-state index is 13.9. The number of carbonyl (C=O) groups is 2. The lowest BCUT2D eigenvalue weighted by atomic mass is 10.1. The molecular weight excluding hydrogens is 469 g/mol. The molecule has 0 bridgehead atoms. The molecule has 8 heteroatoms. The number of halogens is 2. The molecule has 1 saturated heterocycles. The minimum Gasteiger partial charge on any atom is -0.489 e. The number of benzene rings is 3. The number of nitrogens with zero attached hydrogens (tertiary/aromatic N) is 2. The summed E-state index contributed by atoms with van der Waals surface area (Å²) in [7, 11) is 0. The lowest BCUT2D eigenvalue weighted by molar-refractivity contribution is -0.126. The van der Waals surface area contributed by atoms with Crippen molar-refractivity contribution in [1.82, 2.24) is 5.43 Å². The fraction of sp³-hybridized carbons (Fsp3) is 0.222. The Balaban J connectivity index is 1.29. The zero-order valence-corrected chi connectivity index (χ0v) is 20.2. The zero-order chi connectivity index (χ0) is 24.9. The highest BCUT2D eigenvalue weighted by molar-refractivity contribution is 6.31. The normalized spacial score (nSPS) is 15.6. The van der Waals surface area contributed by atoms with Crippen molar-refractivity contribution in [2.24, 2.45) is 11.0 Å². The van der Waals surface area contributed by atoms with Gasteiger partial charge in [0, 0.05) is 24.2 Å². The first kappa shape index (κ1) is 24.4. The summed E-state index contributed by atoms with van der Waals surface area (Å²) in [6.07, 6.45) is 1.65. The SMILES string of the molecule is Cc1ccc(N2C[C@H](C(=O)N/N=C\c3ccc(OCc4c(F)cccc4Cl)cc3)CC2=O)cc1C. The van der Waals surface area contributed by atoms with Gasteiger partial charge in [-0.2, -0.15) is 5.10 Å². The summed E-state index contributed by atoms with van der Waals surface area (Å²) < 4.78 is 19.5. The van der Waals surface area contributed by atoms with Crippen LogP contribution in [0.15, 0.2) is 65.8 Å². The Labute approximate surface area is 208 Å². The van der Waals surface area contributed by atoms with Crippen molar-refractivity contribution in [3.05, 3.63) is 93.8 Å². The molecule has 180 valence electrons. The second-order valence-electron chi connectivity index (χ2n) is 8.47. The van der Waals surface area contributed by atoms with Gasteiger partial charge in [-0.15, -0.1) is 0 Å². The van der Waals surface area contributed by atoms with E-state index in [0.717, 1.165) is 22.4 Å². The van der Waals surface area contributed by atoms with Gasteiger partial charge < -0.3 is 9.64 Å². The third kappa shape index (κ3) is 5.87. The fourth-order valence-electron chi connectivity index (χ4n) is 3.76. The standard InChI is InChI=1S/C27H25ClFN3O3/c1-17-6-9-21(12-18(17)2)32-15-20(13-26(32)33)27(34)31-30-14-19-7-10-22(11-8-19)35-16-23-24(28)4-3-5-25(23)29/h3-12,14,20H,13,15-16H2,1-2H3,(H,31,34)/b30-14-/t20-/m1/s1. The first-order valence-corrected chi connectivity index (χ1v) is 11.6. The van der Waals surface area contributed by atoms with Crippen LogP contribution in [0.1, 0.15) is 28.7 Å². The number of nitrogens with one attached hydrogen (secondary N) is 1. The van der Waals surface area contributed by atoms with E-state index in [2.05, 4.69) is 10.5 Å². The lowest BCUT2D eigenvalue weighted by Crippen LogP contribution is -2.30. The van der Waals surface area contributed by atoms with E-state index < -0.39 is 11.7 Å². The zero-order valence-electron chi connectivity index (χ0n) is 19.4. The van der Waals surface area contributed by atoms with Gasteiger partial charge in [0.05, 0.1) is 17.2 Å². The maximum atomic E-state index is 13.9. The van der Waals surface area contributed by atoms with Crippen LogP contribution in [0.4, 0.5) is 10.1 Å². The van der Waals surface area contributed by atoms with Gasteiger partial charge in [-0.1, -0.05) is 23.7 Å². The van der Waals surface area contributed by atoms with Crippen LogP contribution in [-0.2, 0) is 16.2 Å². The molecule has 3 aromatic carbocycles. The van der Waals surface area contributed by atoms with E-state index in [1.165, 1.54) is 12.3 Å². The topological polar surface area (TPSA) is 71.0 Å². The highest BCUT2D eigenvalue weighted by Crippen LogP contribution is 2.27. The first-order valence-electron chi connectivity index (χ1n) is 11.2. The van der Waals surface area contributed by atoms with Gasteiger partial charge in [-0.25, -0.2) is 9.82 Å². The summed E-state index contributed by atoms with van der Waals surface area (Å²) in [6.45, 7) is 4.34. The predicted octanol–water partition coefficient (Wildman–Crippen LogP) is 5.18. The quantitative estimate of drug-likeness (QED) is 0.364. The van der Waals surface area contributed by atoms with Crippen LogP contribution in [0.2, 0.25) is 5.02 Å². The highest BCUT2D eigenvalue weighted by Gasteiger charge is 2.35. The van der Waals surface area contributed by atoms with Crippen molar-refractivity contribution >= 4 is 35.3 Å². The van der Waals surface area contributed by atoms with Gasteiger partial charge >= 0.3 is 0 Å². The van der Waals surface area contributed by atoms with E-state index in [1.807, 2.05) is 32.0 Å². The Hall–Kier alpha value is -3.71. The maximum Gasteiger partial charge on any atom is 0.245 e. The Morgan fingerprint density at radius 1 is 1.17 bits per heavy atom. The summed E-state index contributed by atoms with van der Waals surface area (Å²) in [6, 6.07) is 17.3. The van der Waals surface area contributed by atoms with Gasteiger partial charge in [0.1, 0.15) is 18.2 Å². The van der Waals surface area contributed by atoms with E-state index in [0.29, 0.717) is 22.9 Å². The molecule has 0 radical (unpaired) electrons. The summed E-state index contributed by atoms with van der Waals surface area (Å²) in [5.41, 5.74) is 6.61. The summed E-state index contributed by atoms with van der Waals surface area (Å²) in [5.74, 6) is -0.728. The molecule has 6 nitrogen and oxygen atoms in total. The van der Waals surface area contributed by atoms with Gasteiger partial charge in [0.25, 0.3) is 0 Å². The van der Waals surface area contributed by atoms with Gasteiger partial charge in [-0.05, 0) is 79.1 Å². The molecule has 4 rings (SSSR count). The highest BCUT2D eigenvalue weighted by atomic mass is 35.5. The molecule has 0 spiro atoms. The Morgan fingerprint density at radius 3 is 2.66 bits per heavy atom.